The highest BCUT2D eigenvalue weighted by atomic mass is 32.2. The molecule has 1 unspecified atom stereocenters. The van der Waals surface area contributed by atoms with E-state index < -0.39 is 33.0 Å². The molecule has 0 aromatic carbocycles. The summed E-state index contributed by atoms with van der Waals surface area (Å²) in [6.45, 7) is 1.45. The van der Waals surface area contributed by atoms with Crippen molar-refractivity contribution in [2.24, 2.45) is 4.99 Å². The van der Waals surface area contributed by atoms with Crippen LogP contribution in [-0.2, 0) is 14.7 Å². The van der Waals surface area contributed by atoms with E-state index in [-0.39, 0.29) is 17.0 Å². The van der Waals surface area contributed by atoms with Gasteiger partial charge in [-0.25, -0.2) is 18.2 Å². The third-order valence-corrected chi connectivity index (χ3v) is 4.30. The number of nitrogens with zero attached hydrogens (tertiary/aromatic N) is 3. The SMILES string of the molecule is CCS(=O)(=O)C1=NC(c2ncc(C(=O)O)cc2O)N(C)O1. The molecular weight excluding hydrogens is 302 g/mol. The zero-order valence-electron chi connectivity index (χ0n) is 11.2. The Morgan fingerprint density at radius 1 is 1.52 bits per heavy atom. The number of aromatic carboxylic acids is 1. The average Bonchev–Trinajstić information content (AvgIpc) is 2.81. The molecule has 2 heterocycles. The predicted molar refractivity (Wildman–Crippen MR) is 71.3 cm³/mol. The largest absolute Gasteiger partial charge is 0.506 e. The van der Waals surface area contributed by atoms with Crippen LogP contribution in [0, 0.1) is 0 Å². The molecule has 0 spiro atoms. The normalized spacial score (nSPS) is 19.1. The van der Waals surface area contributed by atoms with Crippen molar-refractivity contribution in [3.63, 3.8) is 0 Å². The van der Waals surface area contributed by atoms with Gasteiger partial charge in [0.1, 0.15) is 11.4 Å². The molecular formula is C11H13N3O6S. The second-order valence-electron chi connectivity index (χ2n) is 4.24. The second kappa shape index (κ2) is 5.30. The number of pyridine rings is 1. The maximum absolute atomic E-state index is 11.7. The van der Waals surface area contributed by atoms with Gasteiger partial charge in [0.05, 0.1) is 11.3 Å². The van der Waals surface area contributed by atoms with Crippen molar-refractivity contribution in [1.82, 2.24) is 10.0 Å². The van der Waals surface area contributed by atoms with E-state index in [1.165, 1.54) is 14.0 Å². The molecule has 21 heavy (non-hydrogen) atoms. The average molecular weight is 315 g/mol. The maximum atomic E-state index is 11.7. The topological polar surface area (TPSA) is 129 Å². The first-order valence-corrected chi connectivity index (χ1v) is 7.55. The van der Waals surface area contributed by atoms with Crippen LogP contribution < -0.4 is 0 Å². The van der Waals surface area contributed by atoms with Crippen LogP contribution in [0.3, 0.4) is 0 Å². The summed E-state index contributed by atoms with van der Waals surface area (Å²) in [6, 6.07) is 1.01. The third kappa shape index (κ3) is 2.81. The second-order valence-corrected chi connectivity index (χ2v) is 6.40. The van der Waals surface area contributed by atoms with Crippen LogP contribution in [0.2, 0.25) is 0 Å². The number of sulfone groups is 1. The van der Waals surface area contributed by atoms with Crippen molar-refractivity contribution in [2.75, 3.05) is 12.8 Å². The van der Waals surface area contributed by atoms with E-state index in [9.17, 15) is 18.3 Å². The van der Waals surface area contributed by atoms with E-state index in [0.717, 1.165) is 17.3 Å². The monoisotopic (exact) mass is 315 g/mol. The number of aromatic nitrogens is 1. The van der Waals surface area contributed by atoms with Crippen molar-refractivity contribution in [3.05, 3.63) is 23.5 Å². The number of aliphatic imine (C=N–C) groups is 1. The smallest absolute Gasteiger partial charge is 0.337 e. The minimum Gasteiger partial charge on any atom is -0.506 e. The summed E-state index contributed by atoms with van der Waals surface area (Å²) >= 11 is 0. The Morgan fingerprint density at radius 2 is 2.19 bits per heavy atom. The summed E-state index contributed by atoms with van der Waals surface area (Å²) in [5, 5.41) is 19.3. The number of carbonyl (C=O) groups is 1. The van der Waals surface area contributed by atoms with Crippen LogP contribution in [0.1, 0.15) is 29.1 Å². The number of hydrogen-bond donors (Lipinski definition) is 2. The Labute approximate surface area is 120 Å². The van der Waals surface area contributed by atoms with Gasteiger partial charge in [0.15, 0.2) is 6.17 Å². The fourth-order valence-corrected chi connectivity index (χ4v) is 2.39. The van der Waals surface area contributed by atoms with Gasteiger partial charge in [0.25, 0.3) is 0 Å². The molecule has 1 aliphatic rings. The van der Waals surface area contributed by atoms with Gasteiger partial charge >= 0.3 is 11.2 Å². The van der Waals surface area contributed by atoms with E-state index in [1.54, 1.807) is 0 Å². The summed E-state index contributed by atoms with van der Waals surface area (Å²) in [5.74, 6) is -1.82. The lowest BCUT2D eigenvalue weighted by molar-refractivity contribution is -0.0567. The van der Waals surface area contributed by atoms with Crippen molar-refractivity contribution in [3.8, 4) is 5.75 Å². The molecule has 0 bridgehead atoms. The molecule has 114 valence electrons. The molecule has 10 heteroatoms. The highest BCUT2D eigenvalue weighted by Gasteiger charge is 2.35. The summed E-state index contributed by atoms with van der Waals surface area (Å²) < 4.78 is 23.4. The minimum absolute atomic E-state index is 0.00352. The van der Waals surface area contributed by atoms with Crippen LogP contribution in [0.15, 0.2) is 17.3 Å². The molecule has 0 aliphatic carbocycles. The molecule has 0 saturated heterocycles. The molecule has 0 saturated carbocycles. The lowest BCUT2D eigenvalue weighted by Crippen LogP contribution is -2.23. The lowest BCUT2D eigenvalue weighted by atomic mass is 10.2. The summed E-state index contributed by atoms with van der Waals surface area (Å²) in [4.78, 5) is 23.5. The first-order chi connectivity index (χ1) is 9.76. The molecule has 1 aromatic heterocycles. The first-order valence-electron chi connectivity index (χ1n) is 5.89. The zero-order chi connectivity index (χ0) is 15.8. The maximum Gasteiger partial charge on any atom is 0.337 e. The number of carboxylic acid groups (broad SMARTS) is 1. The van der Waals surface area contributed by atoms with Gasteiger partial charge < -0.3 is 15.1 Å². The van der Waals surface area contributed by atoms with Gasteiger partial charge in [0.2, 0.25) is 9.84 Å². The lowest BCUT2D eigenvalue weighted by Gasteiger charge is -2.16. The Kier molecular flexibility index (Phi) is 3.83. The highest BCUT2D eigenvalue weighted by molar-refractivity contribution is 8.05. The van der Waals surface area contributed by atoms with Gasteiger partial charge in [-0.05, 0) is 6.07 Å². The van der Waals surface area contributed by atoms with Gasteiger partial charge in [0, 0.05) is 13.2 Å². The van der Waals surface area contributed by atoms with Crippen LogP contribution in [0.5, 0.6) is 5.75 Å². The Morgan fingerprint density at radius 3 is 2.71 bits per heavy atom. The predicted octanol–water partition coefficient (Wildman–Crippen LogP) is 0.152. The van der Waals surface area contributed by atoms with Crippen molar-refractivity contribution in [1.29, 1.82) is 0 Å². The molecule has 1 aromatic rings. The number of carboxylic acids is 1. The summed E-state index contributed by atoms with van der Waals surface area (Å²) in [6.07, 6.45) is 0.0803. The van der Waals surface area contributed by atoms with Crippen molar-refractivity contribution < 1.29 is 28.3 Å². The van der Waals surface area contributed by atoms with Crippen LogP contribution in [-0.4, -0.2) is 52.7 Å². The van der Waals surface area contributed by atoms with Crippen LogP contribution in [0.25, 0.3) is 0 Å². The van der Waals surface area contributed by atoms with Crippen LogP contribution >= 0.6 is 0 Å². The molecule has 0 radical (unpaired) electrons. The third-order valence-electron chi connectivity index (χ3n) is 2.83. The van der Waals surface area contributed by atoms with E-state index in [0.29, 0.717) is 0 Å². The quantitative estimate of drug-likeness (QED) is 0.806. The summed E-state index contributed by atoms with van der Waals surface area (Å²) in [7, 11) is -2.19. The zero-order valence-corrected chi connectivity index (χ0v) is 12.0. The van der Waals surface area contributed by atoms with Gasteiger partial charge in [-0.15, -0.1) is 5.06 Å². The van der Waals surface area contributed by atoms with E-state index in [4.69, 9.17) is 9.94 Å². The molecule has 9 nitrogen and oxygen atoms in total. The molecule has 1 atom stereocenters. The number of aromatic hydroxyl groups is 1. The van der Waals surface area contributed by atoms with E-state index >= 15 is 0 Å². The van der Waals surface area contributed by atoms with Crippen molar-refractivity contribution in [2.45, 2.75) is 13.1 Å². The molecule has 1 aliphatic heterocycles. The fourth-order valence-electron chi connectivity index (χ4n) is 1.65. The Hall–Kier alpha value is -2.20. The van der Waals surface area contributed by atoms with Crippen molar-refractivity contribution >= 4 is 21.0 Å². The number of hydroxylamine groups is 2. The Balaban J connectivity index is 2.41. The first kappa shape index (κ1) is 15.2. The molecule has 2 N–H and O–H groups in total. The van der Waals surface area contributed by atoms with Crippen LogP contribution in [0.4, 0.5) is 0 Å². The number of hydrogen-bond acceptors (Lipinski definition) is 8. The molecule has 0 amide bonds. The molecule has 0 fully saturated rings. The van der Waals surface area contributed by atoms with E-state index in [1.807, 2.05) is 0 Å². The molecule has 2 rings (SSSR count). The van der Waals surface area contributed by atoms with Gasteiger partial charge in [-0.3, -0.25) is 4.98 Å². The Bertz CT molecular complexity index is 715. The van der Waals surface area contributed by atoms with E-state index in [2.05, 4.69) is 9.98 Å². The minimum atomic E-state index is -3.62. The standard InChI is InChI=1S/C11H13N3O6S/c1-3-21(18,19)11-13-9(14(2)20-11)8-7(15)4-6(5-12-8)10(16)17/h4-5,9,15H,3H2,1-2H3,(H,16,17). The highest BCUT2D eigenvalue weighted by Crippen LogP contribution is 2.32. The van der Waals surface area contributed by atoms with Gasteiger partial charge in [-0.2, -0.15) is 0 Å². The van der Waals surface area contributed by atoms with Gasteiger partial charge in [-0.1, -0.05) is 6.92 Å². The summed E-state index contributed by atoms with van der Waals surface area (Å²) in [5.41, 5.74) is -0.188. The fraction of sp³-hybridized carbons (Fsp3) is 0.364. The number of rotatable bonds is 3.